The van der Waals surface area contributed by atoms with Crippen molar-refractivity contribution in [3.8, 4) is 5.88 Å². The van der Waals surface area contributed by atoms with Crippen LogP contribution in [0.15, 0.2) is 30.4 Å². The SMILES string of the molecule is C=C1CCC(NC(=O)c2cccc(OC)n2)C(=O)C1. The minimum Gasteiger partial charge on any atom is -0.481 e. The first-order valence-corrected chi connectivity index (χ1v) is 6.11. The molecule has 0 aromatic carbocycles. The van der Waals surface area contributed by atoms with Crippen LogP contribution in [0.4, 0.5) is 0 Å². The number of allylic oxidation sites excluding steroid dienone is 1. The van der Waals surface area contributed by atoms with Crippen molar-refractivity contribution >= 4 is 11.7 Å². The first-order valence-electron chi connectivity index (χ1n) is 6.11. The molecule has 1 aromatic heterocycles. The van der Waals surface area contributed by atoms with E-state index in [0.717, 1.165) is 12.0 Å². The summed E-state index contributed by atoms with van der Waals surface area (Å²) in [6.45, 7) is 3.80. The number of aromatic nitrogens is 1. The molecule has 1 N–H and O–H groups in total. The van der Waals surface area contributed by atoms with E-state index >= 15 is 0 Å². The monoisotopic (exact) mass is 260 g/mol. The van der Waals surface area contributed by atoms with Crippen molar-refractivity contribution in [3.05, 3.63) is 36.0 Å². The molecule has 1 saturated carbocycles. The Morgan fingerprint density at radius 2 is 2.32 bits per heavy atom. The van der Waals surface area contributed by atoms with Crippen molar-refractivity contribution in [1.29, 1.82) is 0 Å². The van der Waals surface area contributed by atoms with E-state index < -0.39 is 6.04 Å². The lowest BCUT2D eigenvalue weighted by Crippen LogP contribution is -2.43. The van der Waals surface area contributed by atoms with Gasteiger partial charge in [-0.2, -0.15) is 0 Å². The topological polar surface area (TPSA) is 68.3 Å². The van der Waals surface area contributed by atoms with Gasteiger partial charge in [0.05, 0.1) is 13.2 Å². The molecular weight excluding hydrogens is 244 g/mol. The summed E-state index contributed by atoms with van der Waals surface area (Å²) >= 11 is 0. The quantitative estimate of drug-likeness (QED) is 0.836. The van der Waals surface area contributed by atoms with Crippen LogP contribution in [0.25, 0.3) is 0 Å². The number of ketones is 1. The van der Waals surface area contributed by atoms with Gasteiger partial charge in [-0.3, -0.25) is 9.59 Å². The van der Waals surface area contributed by atoms with E-state index in [0.29, 0.717) is 18.7 Å². The van der Waals surface area contributed by atoms with Crippen molar-refractivity contribution in [2.24, 2.45) is 0 Å². The largest absolute Gasteiger partial charge is 0.481 e. The van der Waals surface area contributed by atoms with Crippen LogP contribution in [-0.4, -0.2) is 29.8 Å². The number of nitrogens with zero attached hydrogens (tertiary/aromatic N) is 1. The number of nitrogens with one attached hydrogen (secondary N) is 1. The van der Waals surface area contributed by atoms with Gasteiger partial charge < -0.3 is 10.1 Å². The van der Waals surface area contributed by atoms with Gasteiger partial charge in [-0.1, -0.05) is 18.2 Å². The second-order valence-electron chi connectivity index (χ2n) is 4.52. The molecular formula is C14H16N2O3. The van der Waals surface area contributed by atoms with Gasteiger partial charge in [-0.05, 0) is 18.9 Å². The van der Waals surface area contributed by atoms with Crippen LogP contribution in [0.2, 0.25) is 0 Å². The normalized spacial score (nSPS) is 19.1. The Balaban J connectivity index is 2.04. The van der Waals surface area contributed by atoms with Crippen LogP contribution in [0, 0.1) is 0 Å². The predicted molar refractivity (Wildman–Crippen MR) is 70.0 cm³/mol. The summed E-state index contributed by atoms with van der Waals surface area (Å²) < 4.78 is 4.96. The highest BCUT2D eigenvalue weighted by atomic mass is 16.5. The number of hydrogen-bond acceptors (Lipinski definition) is 4. The molecule has 1 fully saturated rings. The molecule has 1 heterocycles. The number of hydrogen-bond donors (Lipinski definition) is 1. The lowest BCUT2D eigenvalue weighted by atomic mass is 9.90. The highest BCUT2D eigenvalue weighted by Gasteiger charge is 2.26. The summed E-state index contributed by atoms with van der Waals surface area (Å²) in [5.74, 6) is 0.0215. The molecule has 1 amide bonds. The number of carbonyl (C=O) groups is 2. The summed E-state index contributed by atoms with van der Waals surface area (Å²) in [7, 11) is 1.49. The van der Waals surface area contributed by atoms with Crippen LogP contribution < -0.4 is 10.1 Å². The Bertz CT molecular complexity index is 525. The highest BCUT2D eigenvalue weighted by Crippen LogP contribution is 2.19. The van der Waals surface area contributed by atoms with Gasteiger partial charge in [-0.15, -0.1) is 0 Å². The summed E-state index contributed by atoms with van der Waals surface area (Å²) in [5.41, 5.74) is 1.17. The molecule has 100 valence electrons. The number of ether oxygens (including phenoxy) is 1. The third-order valence-corrected chi connectivity index (χ3v) is 3.07. The molecule has 0 radical (unpaired) electrons. The second kappa shape index (κ2) is 5.65. The van der Waals surface area contributed by atoms with Gasteiger partial charge in [0, 0.05) is 12.5 Å². The molecule has 1 aliphatic carbocycles. The van der Waals surface area contributed by atoms with E-state index in [4.69, 9.17) is 4.74 Å². The average molecular weight is 260 g/mol. The molecule has 1 unspecified atom stereocenters. The lowest BCUT2D eigenvalue weighted by Gasteiger charge is -2.22. The Hall–Kier alpha value is -2.17. The maximum Gasteiger partial charge on any atom is 0.270 e. The van der Waals surface area contributed by atoms with E-state index in [-0.39, 0.29) is 17.4 Å². The van der Waals surface area contributed by atoms with Gasteiger partial charge in [0.15, 0.2) is 5.78 Å². The van der Waals surface area contributed by atoms with Crippen molar-refractivity contribution in [3.63, 3.8) is 0 Å². The number of Topliss-reactive ketones (excluding diaryl/α,β-unsaturated/α-hetero) is 1. The molecule has 0 saturated heterocycles. The fraction of sp³-hybridized carbons (Fsp3) is 0.357. The van der Waals surface area contributed by atoms with E-state index in [2.05, 4.69) is 16.9 Å². The van der Waals surface area contributed by atoms with Crippen LogP contribution in [0.1, 0.15) is 29.8 Å². The zero-order chi connectivity index (χ0) is 13.8. The molecule has 1 aromatic rings. The molecule has 0 spiro atoms. The maximum absolute atomic E-state index is 12.0. The molecule has 1 atom stereocenters. The van der Waals surface area contributed by atoms with E-state index in [9.17, 15) is 9.59 Å². The van der Waals surface area contributed by atoms with Gasteiger partial charge in [0.2, 0.25) is 5.88 Å². The first-order chi connectivity index (χ1) is 9.10. The van der Waals surface area contributed by atoms with Crippen molar-refractivity contribution in [2.45, 2.75) is 25.3 Å². The van der Waals surface area contributed by atoms with Crippen LogP contribution in [0.3, 0.4) is 0 Å². The molecule has 5 nitrogen and oxygen atoms in total. The second-order valence-corrected chi connectivity index (χ2v) is 4.52. The Morgan fingerprint density at radius 3 is 3.00 bits per heavy atom. The lowest BCUT2D eigenvalue weighted by molar-refractivity contribution is -0.121. The fourth-order valence-corrected chi connectivity index (χ4v) is 2.01. The Morgan fingerprint density at radius 1 is 1.53 bits per heavy atom. The third kappa shape index (κ3) is 3.19. The van der Waals surface area contributed by atoms with Crippen LogP contribution in [0.5, 0.6) is 5.88 Å². The number of pyridine rings is 1. The van der Waals surface area contributed by atoms with Gasteiger partial charge in [0.1, 0.15) is 5.69 Å². The summed E-state index contributed by atoms with van der Waals surface area (Å²) in [6, 6.07) is 4.49. The zero-order valence-corrected chi connectivity index (χ0v) is 10.8. The van der Waals surface area contributed by atoms with Gasteiger partial charge in [0.25, 0.3) is 5.91 Å². The summed E-state index contributed by atoms with van der Waals surface area (Å²) in [5, 5.41) is 2.71. The molecule has 5 heteroatoms. The maximum atomic E-state index is 12.0. The Kier molecular flexibility index (Phi) is 3.94. The molecule has 2 rings (SSSR count). The highest BCUT2D eigenvalue weighted by molar-refractivity contribution is 5.97. The molecule has 1 aliphatic rings. The van der Waals surface area contributed by atoms with Crippen LogP contribution >= 0.6 is 0 Å². The van der Waals surface area contributed by atoms with Crippen molar-refractivity contribution < 1.29 is 14.3 Å². The van der Waals surface area contributed by atoms with Crippen molar-refractivity contribution in [2.75, 3.05) is 7.11 Å². The molecule has 0 aliphatic heterocycles. The van der Waals surface area contributed by atoms with Crippen molar-refractivity contribution in [1.82, 2.24) is 10.3 Å². The van der Waals surface area contributed by atoms with Gasteiger partial charge in [-0.25, -0.2) is 4.98 Å². The fourth-order valence-electron chi connectivity index (χ4n) is 2.01. The summed E-state index contributed by atoms with van der Waals surface area (Å²) in [6.07, 6.45) is 1.71. The third-order valence-electron chi connectivity index (χ3n) is 3.07. The minimum atomic E-state index is -0.439. The van der Waals surface area contributed by atoms with E-state index in [1.165, 1.54) is 7.11 Å². The number of rotatable bonds is 3. The smallest absolute Gasteiger partial charge is 0.270 e. The Labute approximate surface area is 111 Å². The number of amides is 1. The molecule has 0 bridgehead atoms. The zero-order valence-electron chi connectivity index (χ0n) is 10.8. The first kappa shape index (κ1) is 13.3. The van der Waals surface area contributed by atoms with E-state index in [1.807, 2.05) is 0 Å². The number of methoxy groups -OCH3 is 1. The van der Waals surface area contributed by atoms with Crippen LogP contribution in [-0.2, 0) is 4.79 Å². The van der Waals surface area contributed by atoms with E-state index in [1.54, 1.807) is 18.2 Å². The number of carbonyl (C=O) groups excluding carboxylic acids is 2. The summed E-state index contributed by atoms with van der Waals surface area (Å²) in [4.78, 5) is 27.8. The minimum absolute atomic E-state index is 0.00694. The van der Waals surface area contributed by atoms with Gasteiger partial charge >= 0.3 is 0 Å². The standard InChI is InChI=1S/C14H16N2O3/c1-9-6-7-10(12(17)8-9)16-14(18)11-4-3-5-13(15-11)19-2/h3-5,10H,1,6-8H2,2H3,(H,16,18). The predicted octanol–water partition coefficient (Wildman–Crippen LogP) is 1.50. The molecule has 19 heavy (non-hydrogen) atoms. The average Bonchev–Trinajstić information content (AvgIpc) is 2.42.